The Morgan fingerprint density at radius 2 is 1.88 bits per heavy atom. The maximum Gasteiger partial charge on any atom is 0.241 e. The summed E-state index contributed by atoms with van der Waals surface area (Å²) in [7, 11) is 3.92. The number of likely N-dealkylation sites (tertiary alicyclic amines) is 2. The molecule has 0 bridgehead atoms. The third-order valence-electron chi connectivity index (χ3n) is 7.21. The molecule has 0 saturated carbocycles. The maximum atomic E-state index is 13.9. The van der Waals surface area contributed by atoms with Crippen LogP contribution in [-0.2, 0) is 26.3 Å². The minimum Gasteiger partial charge on any atom is -0.343 e. The molecule has 2 aliphatic heterocycles. The lowest BCUT2D eigenvalue weighted by molar-refractivity contribution is -0.143. The van der Waals surface area contributed by atoms with Gasteiger partial charge < -0.3 is 9.80 Å². The zero-order valence-corrected chi connectivity index (χ0v) is 19.7. The lowest BCUT2D eigenvalue weighted by Crippen LogP contribution is -2.48. The van der Waals surface area contributed by atoms with E-state index in [-0.39, 0.29) is 43.1 Å². The molecule has 2 saturated heterocycles. The lowest BCUT2D eigenvalue weighted by Gasteiger charge is -2.37. The van der Waals surface area contributed by atoms with E-state index >= 15 is 0 Å². The molecule has 1 aromatic carbocycles. The molecule has 0 unspecified atom stereocenters. The molecule has 33 heavy (non-hydrogen) atoms. The van der Waals surface area contributed by atoms with Crippen LogP contribution >= 0.6 is 0 Å². The summed E-state index contributed by atoms with van der Waals surface area (Å²) in [5, 5.41) is 0. The van der Waals surface area contributed by atoms with Crippen LogP contribution in [0.25, 0.3) is 0 Å². The Hall–Kier alpha value is -3.06. The van der Waals surface area contributed by atoms with Crippen LogP contribution in [0.5, 0.6) is 0 Å². The van der Waals surface area contributed by atoms with Crippen molar-refractivity contribution in [2.45, 2.75) is 50.6 Å². The van der Waals surface area contributed by atoms with Crippen molar-refractivity contribution in [3.63, 3.8) is 0 Å². The number of pyridine rings is 1. The molecule has 3 heterocycles. The molecular weight excluding hydrogens is 416 g/mol. The van der Waals surface area contributed by atoms with E-state index in [0.717, 1.165) is 42.6 Å². The van der Waals surface area contributed by atoms with Gasteiger partial charge in [0.15, 0.2) is 0 Å². The van der Waals surface area contributed by atoms with Crippen LogP contribution < -0.4 is 0 Å². The number of rotatable bonds is 6. The van der Waals surface area contributed by atoms with Gasteiger partial charge in [0.2, 0.25) is 17.7 Å². The summed E-state index contributed by atoms with van der Waals surface area (Å²) in [6.07, 6.45) is 5.14. The summed E-state index contributed by atoms with van der Waals surface area (Å²) < 4.78 is 0. The average molecular weight is 449 g/mol. The van der Waals surface area contributed by atoms with Gasteiger partial charge in [-0.2, -0.15) is 0 Å². The van der Waals surface area contributed by atoms with Crippen LogP contribution in [0.15, 0.2) is 48.8 Å². The number of amides is 3. The highest BCUT2D eigenvalue weighted by Crippen LogP contribution is 2.42. The van der Waals surface area contributed by atoms with Crippen LogP contribution in [-0.4, -0.2) is 70.6 Å². The Kier molecular flexibility index (Phi) is 6.61. The number of hydrogen-bond acceptors (Lipinski definition) is 5. The van der Waals surface area contributed by atoms with Gasteiger partial charge in [-0.3, -0.25) is 24.3 Å². The first-order valence-electron chi connectivity index (χ1n) is 11.6. The molecule has 7 nitrogen and oxygen atoms in total. The third-order valence-corrected chi connectivity index (χ3v) is 7.21. The fourth-order valence-electron chi connectivity index (χ4n) is 5.16. The van der Waals surface area contributed by atoms with Crippen molar-refractivity contribution >= 4 is 17.7 Å². The summed E-state index contributed by atoms with van der Waals surface area (Å²) in [6.45, 7) is 3.99. The Labute approximate surface area is 195 Å². The van der Waals surface area contributed by atoms with Crippen LogP contribution in [0.2, 0.25) is 0 Å². The van der Waals surface area contributed by atoms with Crippen molar-refractivity contribution in [2.75, 3.05) is 27.2 Å². The average Bonchev–Trinajstić information content (AvgIpc) is 3.04. The topological polar surface area (TPSA) is 73.8 Å². The number of hydrogen-bond donors (Lipinski definition) is 0. The molecule has 1 atom stereocenters. The molecule has 0 spiro atoms. The van der Waals surface area contributed by atoms with Crippen LogP contribution in [0.1, 0.15) is 42.4 Å². The fourth-order valence-corrected chi connectivity index (χ4v) is 5.16. The predicted octanol–water partition coefficient (Wildman–Crippen LogP) is 2.53. The number of nitrogens with zero attached hydrogens (tertiary/aromatic N) is 4. The summed E-state index contributed by atoms with van der Waals surface area (Å²) in [4.78, 5) is 50.0. The zero-order valence-electron chi connectivity index (χ0n) is 19.7. The number of benzene rings is 1. The highest BCUT2D eigenvalue weighted by Gasteiger charge is 2.54. The van der Waals surface area contributed by atoms with Gasteiger partial charge in [-0.1, -0.05) is 30.3 Å². The highest BCUT2D eigenvalue weighted by molar-refractivity contribution is 6.10. The standard InChI is InChI=1S/C26H32N4O3/c1-19-7-4-5-9-22(19)26(15-23(31)29(3)21-10-13-28(2)14-11-21)16-24(32)30(25(26)33)18-20-8-6-12-27-17-20/h4-9,12,17,21H,10-11,13-16,18H2,1-3H3/t26-/m1/s1. The number of imide groups is 1. The van der Waals surface area contributed by atoms with Gasteiger partial charge in [0.1, 0.15) is 0 Å². The monoisotopic (exact) mass is 448 g/mol. The Balaban J connectivity index is 1.64. The van der Waals surface area contributed by atoms with E-state index in [0.29, 0.717) is 0 Å². The van der Waals surface area contributed by atoms with E-state index in [1.165, 1.54) is 4.90 Å². The molecule has 0 aliphatic carbocycles. The molecule has 0 radical (unpaired) electrons. The van der Waals surface area contributed by atoms with E-state index in [9.17, 15) is 14.4 Å². The minimum absolute atomic E-state index is 0.00390. The van der Waals surface area contributed by atoms with Crippen molar-refractivity contribution in [1.82, 2.24) is 19.7 Å². The highest BCUT2D eigenvalue weighted by atomic mass is 16.2. The van der Waals surface area contributed by atoms with Gasteiger partial charge in [0.25, 0.3) is 0 Å². The Bertz CT molecular complexity index is 1030. The van der Waals surface area contributed by atoms with E-state index in [4.69, 9.17) is 0 Å². The summed E-state index contributed by atoms with van der Waals surface area (Å²) >= 11 is 0. The molecule has 0 N–H and O–H groups in total. The first kappa shape index (κ1) is 23.1. The molecule has 1 aromatic heterocycles. The van der Waals surface area contributed by atoms with Gasteiger partial charge in [-0.05, 0) is 62.7 Å². The summed E-state index contributed by atoms with van der Waals surface area (Å²) in [6, 6.07) is 11.4. The summed E-state index contributed by atoms with van der Waals surface area (Å²) in [5.74, 6) is -0.630. The van der Waals surface area contributed by atoms with Crippen molar-refractivity contribution < 1.29 is 14.4 Å². The maximum absolute atomic E-state index is 13.9. The molecule has 2 fully saturated rings. The fraction of sp³-hybridized carbons (Fsp3) is 0.462. The number of aromatic nitrogens is 1. The number of aryl methyl sites for hydroxylation is 1. The van der Waals surface area contributed by atoms with Crippen molar-refractivity contribution in [1.29, 1.82) is 0 Å². The van der Waals surface area contributed by atoms with E-state index in [2.05, 4.69) is 16.9 Å². The van der Waals surface area contributed by atoms with Crippen LogP contribution in [0.3, 0.4) is 0 Å². The van der Waals surface area contributed by atoms with Crippen molar-refractivity contribution in [2.24, 2.45) is 0 Å². The second-order valence-electron chi connectivity index (χ2n) is 9.44. The molecule has 174 valence electrons. The molecule has 3 amide bonds. The smallest absolute Gasteiger partial charge is 0.241 e. The van der Waals surface area contributed by atoms with Gasteiger partial charge >= 0.3 is 0 Å². The SMILES string of the molecule is Cc1ccccc1[C@@]1(CC(=O)N(C)C2CCN(C)CC2)CC(=O)N(Cc2cccnc2)C1=O. The van der Waals surface area contributed by atoms with Crippen LogP contribution in [0.4, 0.5) is 0 Å². The molecular formula is C26H32N4O3. The van der Waals surface area contributed by atoms with Gasteiger partial charge in [-0.25, -0.2) is 0 Å². The number of carbonyl (C=O) groups is 3. The lowest BCUT2D eigenvalue weighted by atomic mass is 9.73. The van der Waals surface area contributed by atoms with Crippen LogP contribution in [0, 0.1) is 6.92 Å². The number of carbonyl (C=O) groups excluding carboxylic acids is 3. The Morgan fingerprint density at radius 3 is 2.55 bits per heavy atom. The molecule has 2 aliphatic rings. The van der Waals surface area contributed by atoms with Gasteiger partial charge in [0.05, 0.1) is 12.0 Å². The first-order valence-corrected chi connectivity index (χ1v) is 11.6. The van der Waals surface area contributed by atoms with Gasteiger partial charge in [0, 0.05) is 38.3 Å². The quantitative estimate of drug-likeness (QED) is 0.635. The molecule has 2 aromatic rings. The largest absolute Gasteiger partial charge is 0.343 e. The first-order chi connectivity index (χ1) is 15.8. The number of piperidine rings is 1. The normalized spacial score (nSPS) is 22.1. The van der Waals surface area contributed by atoms with Crippen molar-refractivity contribution in [3.05, 3.63) is 65.5 Å². The molecule has 4 rings (SSSR count). The Morgan fingerprint density at radius 1 is 1.15 bits per heavy atom. The van der Waals surface area contributed by atoms with Crippen molar-refractivity contribution in [3.8, 4) is 0 Å². The second kappa shape index (κ2) is 9.43. The minimum atomic E-state index is -1.18. The summed E-state index contributed by atoms with van der Waals surface area (Å²) in [5.41, 5.74) is 1.29. The zero-order chi connectivity index (χ0) is 23.6. The van der Waals surface area contributed by atoms with E-state index in [1.807, 2.05) is 44.3 Å². The van der Waals surface area contributed by atoms with E-state index in [1.54, 1.807) is 23.4 Å². The second-order valence-corrected chi connectivity index (χ2v) is 9.44. The van der Waals surface area contributed by atoms with Gasteiger partial charge in [-0.15, -0.1) is 0 Å². The predicted molar refractivity (Wildman–Crippen MR) is 125 cm³/mol. The third kappa shape index (κ3) is 4.55. The van der Waals surface area contributed by atoms with E-state index < -0.39 is 5.41 Å². The molecule has 7 heteroatoms.